The minimum absolute atomic E-state index is 0.0605. The van der Waals surface area contributed by atoms with Crippen LogP contribution in [0.25, 0.3) is 5.57 Å². The van der Waals surface area contributed by atoms with Gasteiger partial charge in [0, 0.05) is 54.2 Å². The summed E-state index contributed by atoms with van der Waals surface area (Å²) in [7, 11) is -8.03. The Labute approximate surface area is 583 Å². The number of aromatic carboxylic acids is 1. The number of carboxylic acid groups (broad SMARTS) is 1. The standard InChI is InChI=1S/C26H20Cl2O6Si.C24H18Cl2O5Si.C22H16Cl2O4Si/c1-13(29)32-19-11-9-17-23(21(19)27)35(3,4)24-18(10-12-20(22(24)28)33-14(2)30)26(17)16-8-6-5-7-15(16)25(31)34-26;1-12(27)30-18-11-9-16-22(20(18)26)32(2,3)21-15(8-10-17(28)19(21)25)24(16)14-7-5-4-6-13(14)23(29)31-24;1-29(2)20-13(7-9-15(25)18(20)23)17(11-5-3-4-6-12(11)22(27)28)14-8-10-16(26)19(24)21(14)29/h5-12H,1-4H3;4-11,28H,1-3H3;3-10,25H,1-2H3,(H,27,28). The molecule has 14 rings (SSSR count). The first-order chi connectivity index (χ1) is 45.3. The van der Waals surface area contributed by atoms with E-state index >= 15 is 0 Å². The lowest BCUT2D eigenvalue weighted by Crippen LogP contribution is -2.64. The third kappa shape index (κ3) is 10.2. The topological polar surface area (TPSA) is 226 Å². The third-order valence-corrected chi connectivity index (χ3v) is 32.0. The van der Waals surface area contributed by atoms with Gasteiger partial charge in [-0.05, 0) is 108 Å². The molecule has 3 N–H and O–H groups in total. The molecule has 1 aliphatic carbocycles. The van der Waals surface area contributed by atoms with Gasteiger partial charge in [-0.1, -0.05) is 200 Å². The second kappa shape index (κ2) is 24.2. The van der Waals surface area contributed by atoms with E-state index in [2.05, 4.69) is 13.1 Å². The molecular formula is C72H54Cl6O15Si3. The third-order valence-electron chi connectivity index (χ3n) is 18.2. The smallest absolute Gasteiger partial charge is 0.340 e. The Hall–Kier alpha value is -8.54. The van der Waals surface area contributed by atoms with Crippen LogP contribution >= 0.6 is 69.6 Å². The molecule has 8 aromatic rings. The number of hydrogen-bond acceptors (Lipinski definition) is 14. The van der Waals surface area contributed by atoms with Crippen LogP contribution in [0.2, 0.25) is 64.4 Å². The molecule has 1 atom stereocenters. The number of carbonyl (C=O) groups excluding carboxylic acids is 6. The molecule has 8 aromatic carbocycles. The van der Waals surface area contributed by atoms with Crippen LogP contribution in [0.15, 0.2) is 161 Å². The zero-order chi connectivity index (χ0) is 69.4. The number of halogens is 6. The second-order valence-corrected chi connectivity index (χ2v) is 40.0. The van der Waals surface area contributed by atoms with Crippen LogP contribution in [-0.2, 0) is 39.9 Å². The Bertz CT molecular complexity index is 4920. The number of rotatable bonds is 5. The van der Waals surface area contributed by atoms with E-state index in [0.717, 1.165) is 37.1 Å². The molecule has 0 bridgehead atoms. The van der Waals surface area contributed by atoms with Crippen molar-refractivity contribution in [3.8, 4) is 28.7 Å². The summed E-state index contributed by atoms with van der Waals surface area (Å²) in [5, 5.41) is 36.1. The van der Waals surface area contributed by atoms with Crippen molar-refractivity contribution in [3.05, 3.63) is 248 Å². The average molecular weight is 1460 g/mol. The zero-order valence-corrected chi connectivity index (χ0v) is 59.9. The first kappa shape index (κ1) is 67.4. The van der Waals surface area contributed by atoms with E-state index in [1.165, 1.54) is 45.0 Å². The maximum atomic E-state index is 13.1. The van der Waals surface area contributed by atoms with E-state index in [1.54, 1.807) is 97.1 Å². The fourth-order valence-corrected chi connectivity index (χ4v) is 30.2. The maximum absolute atomic E-state index is 13.1. The molecule has 24 heteroatoms. The van der Waals surface area contributed by atoms with Crippen LogP contribution in [0.1, 0.15) is 96.4 Å². The van der Waals surface area contributed by atoms with Crippen molar-refractivity contribution >= 4 is 167 Å². The molecule has 0 saturated carbocycles. The number of esters is 5. The number of hydrogen-bond donors (Lipinski definition) is 3. The van der Waals surface area contributed by atoms with Gasteiger partial charge in [0.2, 0.25) is 0 Å². The lowest BCUT2D eigenvalue weighted by atomic mass is 9.79. The summed E-state index contributed by atoms with van der Waals surface area (Å²) < 4.78 is 28.5. The second-order valence-electron chi connectivity index (χ2n) is 25.0. The summed E-state index contributed by atoms with van der Waals surface area (Å²) in [6.45, 7) is 16.1. The first-order valence-electron chi connectivity index (χ1n) is 29.7. The molecule has 6 aliphatic rings. The molecule has 1 unspecified atom stereocenters. The summed E-state index contributed by atoms with van der Waals surface area (Å²) in [6, 6.07) is 37.8. The van der Waals surface area contributed by atoms with Crippen LogP contribution in [0, 0.1) is 0 Å². The van der Waals surface area contributed by atoms with Crippen molar-refractivity contribution in [2.24, 2.45) is 0 Å². The van der Waals surface area contributed by atoms with Crippen molar-refractivity contribution in [2.45, 2.75) is 71.3 Å². The van der Waals surface area contributed by atoms with Gasteiger partial charge < -0.3 is 39.0 Å². The highest BCUT2D eigenvalue weighted by Crippen LogP contribution is 2.54. The fraction of sp³-hybridized carbons (Fsp3) is 0.153. The number of fused-ring (bicyclic) bond motifs is 14. The molecule has 0 aromatic heterocycles. The molecule has 0 radical (unpaired) electrons. The maximum Gasteiger partial charge on any atom is 0.340 e. The van der Waals surface area contributed by atoms with E-state index in [1.807, 2.05) is 50.5 Å². The molecule has 2 spiro atoms. The van der Waals surface area contributed by atoms with Gasteiger partial charge in [0.05, 0.1) is 46.8 Å². The van der Waals surface area contributed by atoms with Crippen LogP contribution < -0.4 is 40.1 Å². The van der Waals surface area contributed by atoms with Gasteiger partial charge in [-0.15, -0.1) is 0 Å². The van der Waals surface area contributed by atoms with Gasteiger partial charge >= 0.3 is 35.8 Å². The van der Waals surface area contributed by atoms with Crippen molar-refractivity contribution < 1.29 is 72.6 Å². The lowest BCUT2D eigenvalue weighted by Gasteiger charge is -2.44. The number of aromatic hydroxyl groups is 2. The number of ketones is 1. The quantitative estimate of drug-likeness (QED) is 0.0827. The summed E-state index contributed by atoms with van der Waals surface area (Å²) in [6.07, 6.45) is 3.11. The van der Waals surface area contributed by atoms with Crippen LogP contribution in [-0.4, -0.2) is 81.1 Å². The zero-order valence-electron chi connectivity index (χ0n) is 52.4. The van der Waals surface area contributed by atoms with Gasteiger partial charge in [0.15, 0.2) is 17.0 Å². The Morgan fingerprint density at radius 3 is 1.20 bits per heavy atom. The molecule has 486 valence electrons. The molecule has 0 amide bonds. The van der Waals surface area contributed by atoms with E-state index in [4.69, 9.17) is 93.3 Å². The largest absolute Gasteiger partial charge is 0.506 e. The SMILES string of the molecule is CC(=O)Oc1ccc2c(c1Cl)[Si](C)(C)c1c(ccc(O)c1Cl)C21OC(=O)c2ccccc21.CC(=O)Oc1ccc2c(c1Cl)[Si](C)(C)c1c(ccc(OC(C)=O)c1Cl)C21OC(=O)c2ccccc21.C[Si]1(C)C2=C(Cl)C(=O)C=CC2=C(c2ccccc2C(=O)O)c2ccc(O)c(Cl)c21. The molecular weight excluding hydrogens is 1400 g/mol. The normalized spacial score (nSPS) is 17.7. The van der Waals surface area contributed by atoms with Gasteiger partial charge in [0.25, 0.3) is 0 Å². The highest BCUT2D eigenvalue weighted by Gasteiger charge is 2.60. The summed E-state index contributed by atoms with van der Waals surface area (Å²) in [5.74, 6) is -3.27. The molecule has 5 heterocycles. The number of allylic oxidation sites excluding steroid dienone is 5. The van der Waals surface area contributed by atoms with Crippen LogP contribution in [0.5, 0.6) is 28.7 Å². The van der Waals surface area contributed by atoms with Crippen LogP contribution in [0.3, 0.4) is 0 Å². The van der Waals surface area contributed by atoms with Gasteiger partial charge in [-0.25, -0.2) is 14.4 Å². The summed E-state index contributed by atoms with van der Waals surface area (Å²) in [5.41, 5.74) is 5.18. The monoisotopic (exact) mass is 1450 g/mol. The van der Waals surface area contributed by atoms with Crippen molar-refractivity contribution in [1.29, 1.82) is 0 Å². The number of carbonyl (C=O) groups is 7. The summed E-state index contributed by atoms with van der Waals surface area (Å²) >= 11 is 40.4. The number of carboxylic acids is 1. The Balaban J connectivity index is 0.000000138. The highest BCUT2D eigenvalue weighted by molar-refractivity contribution is 7.04. The molecule has 15 nitrogen and oxygen atoms in total. The van der Waals surface area contributed by atoms with E-state index in [9.17, 15) is 48.9 Å². The van der Waals surface area contributed by atoms with Crippen LogP contribution in [0.4, 0.5) is 0 Å². The first-order valence-corrected chi connectivity index (χ1v) is 41.0. The van der Waals surface area contributed by atoms with Crippen molar-refractivity contribution in [2.75, 3.05) is 0 Å². The predicted molar refractivity (Wildman–Crippen MR) is 375 cm³/mol. The highest BCUT2D eigenvalue weighted by atomic mass is 35.5. The molecule has 5 aliphatic heterocycles. The number of ether oxygens (including phenoxy) is 5. The predicted octanol–water partition coefficient (Wildman–Crippen LogP) is 13.3. The van der Waals surface area contributed by atoms with Crippen molar-refractivity contribution in [1.82, 2.24) is 0 Å². The minimum atomic E-state index is -2.76. The molecule has 0 fully saturated rings. The Morgan fingerprint density at radius 2 is 0.781 bits per heavy atom. The van der Waals surface area contributed by atoms with E-state index in [-0.39, 0.29) is 70.2 Å². The van der Waals surface area contributed by atoms with Gasteiger partial charge in [0.1, 0.15) is 53.0 Å². The molecule has 0 saturated heterocycles. The lowest BCUT2D eigenvalue weighted by molar-refractivity contribution is -0.132. The Morgan fingerprint density at radius 1 is 0.417 bits per heavy atom. The average Bonchev–Trinajstić information content (AvgIpc) is 1.33. The summed E-state index contributed by atoms with van der Waals surface area (Å²) in [4.78, 5) is 85.5. The Kier molecular flexibility index (Phi) is 17.0. The van der Waals surface area contributed by atoms with Crippen molar-refractivity contribution in [3.63, 3.8) is 0 Å². The minimum Gasteiger partial charge on any atom is -0.506 e. The fourth-order valence-electron chi connectivity index (χ4n) is 14.5. The van der Waals surface area contributed by atoms with Gasteiger partial charge in [-0.2, -0.15) is 0 Å². The number of phenols is 2. The van der Waals surface area contributed by atoms with E-state index < -0.39 is 71.2 Å². The molecule has 96 heavy (non-hydrogen) atoms. The van der Waals surface area contributed by atoms with E-state index in [0.29, 0.717) is 60.8 Å². The number of benzene rings is 8. The van der Waals surface area contributed by atoms with Gasteiger partial charge in [-0.3, -0.25) is 19.2 Å². The number of phenolic OH excluding ortho intramolecular Hbond substituents is 2.